The summed E-state index contributed by atoms with van der Waals surface area (Å²) in [7, 11) is 1.66. The van der Waals surface area contributed by atoms with Crippen LogP contribution >= 0.6 is 0 Å². The summed E-state index contributed by atoms with van der Waals surface area (Å²) in [6.07, 6.45) is 0. The van der Waals surface area contributed by atoms with E-state index in [-0.39, 0.29) is 6.04 Å². The number of nitrogens with two attached hydrogens (primary N) is 2. The van der Waals surface area contributed by atoms with E-state index in [1.54, 1.807) is 19.2 Å². The van der Waals surface area contributed by atoms with Crippen LogP contribution in [0.2, 0.25) is 0 Å². The number of hydrogen-bond acceptors (Lipinski definition) is 4. The Balaban J connectivity index is 3.16. The van der Waals surface area contributed by atoms with Gasteiger partial charge in [0.05, 0.1) is 12.2 Å². The highest BCUT2D eigenvalue weighted by molar-refractivity contribution is 5.99. The van der Waals surface area contributed by atoms with Gasteiger partial charge in [0.2, 0.25) is 0 Å². The highest BCUT2D eigenvalue weighted by Gasteiger charge is 2.18. The van der Waals surface area contributed by atoms with Gasteiger partial charge in [-0.15, -0.1) is 0 Å². The molecule has 0 saturated carbocycles. The van der Waals surface area contributed by atoms with Crippen LogP contribution in [-0.2, 0) is 4.74 Å². The summed E-state index contributed by atoms with van der Waals surface area (Å²) in [6, 6.07) is 5.36. The first-order valence-corrected chi connectivity index (χ1v) is 5.96. The molecule has 100 valence electrons. The van der Waals surface area contributed by atoms with Crippen molar-refractivity contribution in [2.24, 2.45) is 5.73 Å². The molecule has 5 nitrogen and oxygen atoms in total. The predicted octanol–water partition coefficient (Wildman–Crippen LogP) is 1.23. The summed E-state index contributed by atoms with van der Waals surface area (Å²) < 4.78 is 5.15. The SMILES string of the molecule is CCN(c1ccc(N)cc1C(N)=O)C(C)COC. The minimum absolute atomic E-state index is 0.154. The molecule has 1 atom stereocenters. The third kappa shape index (κ3) is 3.13. The fourth-order valence-electron chi connectivity index (χ4n) is 2.05. The molecule has 0 aromatic heterocycles. The van der Waals surface area contributed by atoms with Crippen LogP contribution in [0, 0.1) is 0 Å². The molecule has 0 radical (unpaired) electrons. The normalized spacial score (nSPS) is 12.2. The second-order valence-electron chi connectivity index (χ2n) is 4.23. The average Bonchev–Trinajstić information content (AvgIpc) is 2.32. The summed E-state index contributed by atoms with van der Waals surface area (Å²) in [6.45, 7) is 5.40. The van der Waals surface area contributed by atoms with Crippen molar-refractivity contribution >= 4 is 17.3 Å². The summed E-state index contributed by atoms with van der Waals surface area (Å²) in [5, 5.41) is 0. The third-order valence-corrected chi connectivity index (χ3v) is 2.88. The third-order valence-electron chi connectivity index (χ3n) is 2.88. The number of hydrogen-bond donors (Lipinski definition) is 2. The van der Waals surface area contributed by atoms with Crippen molar-refractivity contribution < 1.29 is 9.53 Å². The molecule has 0 spiro atoms. The molecule has 1 unspecified atom stereocenters. The van der Waals surface area contributed by atoms with E-state index >= 15 is 0 Å². The Hall–Kier alpha value is -1.75. The first-order valence-electron chi connectivity index (χ1n) is 5.96. The number of ether oxygens (including phenoxy) is 1. The molecule has 0 heterocycles. The zero-order valence-corrected chi connectivity index (χ0v) is 11.1. The molecule has 1 aromatic carbocycles. The number of methoxy groups -OCH3 is 1. The number of primary amides is 1. The minimum Gasteiger partial charge on any atom is -0.399 e. The molecule has 0 fully saturated rings. The van der Waals surface area contributed by atoms with Crippen molar-refractivity contribution in [2.75, 3.05) is 30.9 Å². The van der Waals surface area contributed by atoms with Crippen LogP contribution < -0.4 is 16.4 Å². The molecule has 1 amide bonds. The van der Waals surface area contributed by atoms with Gasteiger partial charge in [0.15, 0.2) is 0 Å². The maximum absolute atomic E-state index is 11.5. The number of carbonyl (C=O) groups is 1. The van der Waals surface area contributed by atoms with Crippen molar-refractivity contribution in [3.63, 3.8) is 0 Å². The smallest absolute Gasteiger partial charge is 0.250 e. The van der Waals surface area contributed by atoms with Crippen molar-refractivity contribution in [2.45, 2.75) is 19.9 Å². The van der Waals surface area contributed by atoms with Crippen molar-refractivity contribution in [3.8, 4) is 0 Å². The van der Waals surface area contributed by atoms with Gasteiger partial charge in [0.25, 0.3) is 5.91 Å². The van der Waals surface area contributed by atoms with Gasteiger partial charge in [-0.1, -0.05) is 0 Å². The lowest BCUT2D eigenvalue weighted by atomic mass is 10.1. The van der Waals surface area contributed by atoms with Crippen molar-refractivity contribution in [3.05, 3.63) is 23.8 Å². The van der Waals surface area contributed by atoms with Crippen molar-refractivity contribution in [1.29, 1.82) is 0 Å². The Bertz CT molecular complexity index is 421. The van der Waals surface area contributed by atoms with Crippen LogP contribution in [0.25, 0.3) is 0 Å². The molecule has 4 N–H and O–H groups in total. The van der Waals surface area contributed by atoms with E-state index in [1.807, 2.05) is 19.9 Å². The van der Waals surface area contributed by atoms with E-state index in [9.17, 15) is 4.79 Å². The van der Waals surface area contributed by atoms with Gasteiger partial charge in [0.1, 0.15) is 0 Å². The fraction of sp³-hybridized carbons (Fsp3) is 0.462. The van der Waals surface area contributed by atoms with Crippen LogP contribution in [0.3, 0.4) is 0 Å². The van der Waals surface area contributed by atoms with Crippen molar-refractivity contribution in [1.82, 2.24) is 0 Å². The Morgan fingerprint density at radius 3 is 2.67 bits per heavy atom. The van der Waals surface area contributed by atoms with E-state index < -0.39 is 5.91 Å². The standard InChI is InChI=1S/C13H21N3O2/c1-4-16(9(2)8-18-3)12-6-5-10(14)7-11(12)13(15)17/h5-7,9H,4,8,14H2,1-3H3,(H2,15,17). The summed E-state index contributed by atoms with van der Waals surface area (Å²) in [5.74, 6) is -0.472. The molecule has 18 heavy (non-hydrogen) atoms. The van der Waals surface area contributed by atoms with E-state index in [4.69, 9.17) is 16.2 Å². The molecule has 5 heteroatoms. The number of likely N-dealkylation sites (N-methyl/N-ethyl adjacent to an activating group) is 1. The lowest BCUT2D eigenvalue weighted by molar-refractivity contribution is 0.100. The van der Waals surface area contributed by atoms with Gasteiger partial charge in [-0.2, -0.15) is 0 Å². The maximum Gasteiger partial charge on any atom is 0.250 e. The Morgan fingerprint density at radius 1 is 1.50 bits per heavy atom. The molecule has 0 bridgehead atoms. The van der Waals surface area contributed by atoms with Crippen LogP contribution in [0.4, 0.5) is 11.4 Å². The Morgan fingerprint density at radius 2 is 2.17 bits per heavy atom. The molecule has 0 aliphatic heterocycles. The number of benzene rings is 1. The number of anilines is 2. The lowest BCUT2D eigenvalue weighted by Crippen LogP contribution is -2.37. The number of rotatable bonds is 6. The predicted molar refractivity (Wildman–Crippen MR) is 73.7 cm³/mol. The first kappa shape index (κ1) is 14.3. The first-order chi connectivity index (χ1) is 8.51. The Kier molecular flexibility index (Phi) is 4.97. The second-order valence-corrected chi connectivity index (χ2v) is 4.23. The van der Waals surface area contributed by atoms with Gasteiger partial charge in [0, 0.05) is 31.1 Å². The highest BCUT2D eigenvalue weighted by atomic mass is 16.5. The summed E-state index contributed by atoms with van der Waals surface area (Å²) in [5.41, 5.74) is 12.9. The number of nitrogen functional groups attached to an aromatic ring is 1. The molecular weight excluding hydrogens is 230 g/mol. The van der Waals surface area contributed by atoms with Crippen LogP contribution in [0.15, 0.2) is 18.2 Å². The van der Waals surface area contributed by atoms with E-state index in [0.29, 0.717) is 17.9 Å². The summed E-state index contributed by atoms with van der Waals surface area (Å²) >= 11 is 0. The molecule has 0 saturated heterocycles. The van der Waals surface area contributed by atoms with Crippen LogP contribution in [0.5, 0.6) is 0 Å². The van der Waals surface area contributed by atoms with E-state index in [0.717, 1.165) is 12.2 Å². The molecule has 0 aliphatic carbocycles. The zero-order chi connectivity index (χ0) is 13.7. The summed E-state index contributed by atoms with van der Waals surface area (Å²) in [4.78, 5) is 13.6. The molecule has 1 rings (SSSR count). The quantitative estimate of drug-likeness (QED) is 0.745. The molecule has 1 aromatic rings. The number of nitrogens with zero attached hydrogens (tertiary/aromatic N) is 1. The second kappa shape index (κ2) is 6.26. The largest absolute Gasteiger partial charge is 0.399 e. The van der Waals surface area contributed by atoms with Gasteiger partial charge in [-0.05, 0) is 32.0 Å². The number of amides is 1. The average molecular weight is 251 g/mol. The van der Waals surface area contributed by atoms with Gasteiger partial charge in [-0.25, -0.2) is 0 Å². The van der Waals surface area contributed by atoms with Gasteiger partial charge >= 0.3 is 0 Å². The molecular formula is C13H21N3O2. The minimum atomic E-state index is -0.472. The topological polar surface area (TPSA) is 81.6 Å². The van der Waals surface area contributed by atoms with E-state index in [1.165, 1.54) is 0 Å². The molecule has 0 aliphatic rings. The van der Waals surface area contributed by atoms with E-state index in [2.05, 4.69) is 4.90 Å². The van der Waals surface area contributed by atoms with Crippen LogP contribution in [-0.4, -0.2) is 32.2 Å². The highest BCUT2D eigenvalue weighted by Crippen LogP contribution is 2.24. The fourth-order valence-corrected chi connectivity index (χ4v) is 2.05. The Labute approximate surface area is 108 Å². The van der Waals surface area contributed by atoms with Crippen LogP contribution in [0.1, 0.15) is 24.2 Å². The monoisotopic (exact) mass is 251 g/mol. The maximum atomic E-state index is 11.5. The van der Waals surface area contributed by atoms with Gasteiger partial charge in [-0.3, -0.25) is 4.79 Å². The van der Waals surface area contributed by atoms with Gasteiger partial charge < -0.3 is 21.1 Å². The number of carbonyl (C=O) groups excluding carboxylic acids is 1. The zero-order valence-electron chi connectivity index (χ0n) is 11.1. The lowest BCUT2D eigenvalue weighted by Gasteiger charge is -2.31.